The molecular formula is C18H18O2. The molecule has 0 atom stereocenters. The zero-order chi connectivity index (χ0) is 14.4. The van der Waals surface area contributed by atoms with Gasteiger partial charge in [0, 0.05) is 6.08 Å². The second kappa shape index (κ2) is 6.71. The topological polar surface area (TPSA) is 37.3 Å². The molecule has 0 unspecified atom stereocenters. The van der Waals surface area contributed by atoms with Gasteiger partial charge in [-0.05, 0) is 34.8 Å². The second-order valence-corrected chi connectivity index (χ2v) is 4.74. The van der Waals surface area contributed by atoms with Gasteiger partial charge in [0.05, 0.1) is 0 Å². The standard InChI is InChI=1S/C18H18O2/c1-2-3-14-4-9-16(10-5-14)17-11-6-15(7-12-17)8-13-18(19)20/h4-13H,2-3H2,1H3,(H,19,20). The van der Waals surface area contributed by atoms with Gasteiger partial charge in [-0.3, -0.25) is 0 Å². The molecule has 0 radical (unpaired) electrons. The van der Waals surface area contributed by atoms with Crippen LogP contribution in [-0.2, 0) is 11.2 Å². The SMILES string of the molecule is CCCc1ccc(-c2ccc(C=CC(=O)O)cc2)cc1. The fourth-order valence-electron chi connectivity index (χ4n) is 2.11. The molecule has 0 bridgehead atoms. The first-order chi connectivity index (χ1) is 9.69. The van der Waals surface area contributed by atoms with E-state index in [1.54, 1.807) is 6.08 Å². The van der Waals surface area contributed by atoms with Crippen molar-refractivity contribution in [3.05, 3.63) is 65.7 Å². The summed E-state index contributed by atoms with van der Waals surface area (Å²) in [5.41, 5.74) is 4.56. The summed E-state index contributed by atoms with van der Waals surface area (Å²) < 4.78 is 0. The molecule has 0 saturated carbocycles. The van der Waals surface area contributed by atoms with Gasteiger partial charge in [-0.1, -0.05) is 61.9 Å². The van der Waals surface area contributed by atoms with Crippen LogP contribution in [0.4, 0.5) is 0 Å². The Hall–Kier alpha value is -2.35. The van der Waals surface area contributed by atoms with Gasteiger partial charge in [0.1, 0.15) is 0 Å². The summed E-state index contributed by atoms with van der Waals surface area (Å²) in [5.74, 6) is -0.930. The fraction of sp³-hybridized carbons (Fsp3) is 0.167. The number of rotatable bonds is 5. The molecule has 0 fully saturated rings. The molecule has 0 aromatic heterocycles. The van der Waals surface area contributed by atoms with Crippen molar-refractivity contribution in [1.29, 1.82) is 0 Å². The quantitative estimate of drug-likeness (QED) is 0.814. The van der Waals surface area contributed by atoms with E-state index in [9.17, 15) is 4.79 Å². The molecule has 0 heterocycles. The lowest BCUT2D eigenvalue weighted by Gasteiger charge is -2.04. The van der Waals surface area contributed by atoms with Gasteiger partial charge < -0.3 is 5.11 Å². The molecule has 2 rings (SSSR count). The van der Waals surface area contributed by atoms with Gasteiger partial charge >= 0.3 is 5.97 Å². The number of carboxylic acid groups (broad SMARTS) is 1. The average Bonchev–Trinajstić information content (AvgIpc) is 2.47. The van der Waals surface area contributed by atoms with E-state index in [2.05, 4.69) is 31.2 Å². The van der Waals surface area contributed by atoms with E-state index < -0.39 is 5.97 Å². The Morgan fingerprint density at radius 3 is 2.05 bits per heavy atom. The maximum absolute atomic E-state index is 10.5. The first-order valence-corrected chi connectivity index (χ1v) is 6.79. The first kappa shape index (κ1) is 14.1. The molecule has 20 heavy (non-hydrogen) atoms. The molecule has 2 nitrogen and oxygen atoms in total. The van der Waals surface area contributed by atoms with Crippen LogP contribution in [0.3, 0.4) is 0 Å². The van der Waals surface area contributed by atoms with Crippen LogP contribution < -0.4 is 0 Å². The monoisotopic (exact) mass is 266 g/mol. The average molecular weight is 266 g/mol. The number of aryl methyl sites for hydroxylation is 1. The summed E-state index contributed by atoms with van der Waals surface area (Å²) in [4.78, 5) is 10.5. The summed E-state index contributed by atoms with van der Waals surface area (Å²) in [5, 5.41) is 8.59. The number of hydrogen-bond acceptors (Lipinski definition) is 1. The minimum absolute atomic E-state index is 0.888. The molecule has 0 amide bonds. The van der Waals surface area contributed by atoms with Crippen LogP contribution in [0.15, 0.2) is 54.6 Å². The summed E-state index contributed by atoms with van der Waals surface area (Å²) in [6.07, 6.45) is 5.01. The van der Waals surface area contributed by atoms with Crippen LogP contribution in [-0.4, -0.2) is 11.1 Å². The smallest absolute Gasteiger partial charge is 0.328 e. The van der Waals surface area contributed by atoms with Crippen molar-refractivity contribution in [2.75, 3.05) is 0 Å². The lowest BCUT2D eigenvalue weighted by atomic mass is 10.0. The zero-order valence-electron chi connectivity index (χ0n) is 11.5. The van der Waals surface area contributed by atoms with Gasteiger partial charge in [-0.15, -0.1) is 0 Å². The molecular weight excluding hydrogens is 248 g/mol. The third-order valence-corrected chi connectivity index (χ3v) is 3.15. The molecule has 0 aliphatic heterocycles. The van der Waals surface area contributed by atoms with Crippen molar-refractivity contribution in [1.82, 2.24) is 0 Å². The lowest BCUT2D eigenvalue weighted by Crippen LogP contribution is -1.86. The minimum atomic E-state index is -0.930. The highest BCUT2D eigenvalue weighted by Gasteiger charge is 1.98. The molecule has 0 saturated heterocycles. The van der Waals surface area contributed by atoms with Crippen LogP contribution in [0.5, 0.6) is 0 Å². The number of carboxylic acids is 1. The highest BCUT2D eigenvalue weighted by Crippen LogP contribution is 2.21. The predicted octanol–water partition coefficient (Wildman–Crippen LogP) is 4.40. The van der Waals surface area contributed by atoms with E-state index in [-0.39, 0.29) is 0 Å². The van der Waals surface area contributed by atoms with E-state index in [0.29, 0.717) is 0 Å². The van der Waals surface area contributed by atoms with E-state index in [1.165, 1.54) is 11.1 Å². The van der Waals surface area contributed by atoms with E-state index in [1.807, 2.05) is 24.3 Å². The van der Waals surface area contributed by atoms with E-state index in [4.69, 9.17) is 5.11 Å². The maximum atomic E-state index is 10.5. The van der Waals surface area contributed by atoms with Crippen LogP contribution >= 0.6 is 0 Å². The molecule has 102 valence electrons. The molecule has 1 N–H and O–H groups in total. The van der Waals surface area contributed by atoms with Gasteiger partial charge in [-0.2, -0.15) is 0 Å². The number of carbonyl (C=O) groups is 1. The highest BCUT2D eigenvalue weighted by atomic mass is 16.4. The number of hydrogen-bond donors (Lipinski definition) is 1. The van der Waals surface area contributed by atoms with Crippen molar-refractivity contribution in [3.8, 4) is 11.1 Å². The Balaban J connectivity index is 2.15. The van der Waals surface area contributed by atoms with Crippen LogP contribution in [0.25, 0.3) is 17.2 Å². The zero-order valence-corrected chi connectivity index (χ0v) is 11.5. The number of benzene rings is 2. The molecule has 2 heteroatoms. The lowest BCUT2D eigenvalue weighted by molar-refractivity contribution is -0.131. The minimum Gasteiger partial charge on any atom is -0.478 e. The van der Waals surface area contributed by atoms with Gasteiger partial charge in [-0.25, -0.2) is 4.79 Å². The number of aliphatic carboxylic acids is 1. The van der Waals surface area contributed by atoms with Crippen molar-refractivity contribution in [3.63, 3.8) is 0 Å². The molecule has 2 aromatic rings. The highest BCUT2D eigenvalue weighted by molar-refractivity contribution is 5.85. The third-order valence-electron chi connectivity index (χ3n) is 3.15. The van der Waals surface area contributed by atoms with Crippen molar-refractivity contribution in [2.24, 2.45) is 0 Å². The Bertz CT molecular complexity index is 592. The summed E-state index contributed by atoms with van der Waals surface area (Å²) >= 11 is 0. The summed E-state index contributed by atoms with van der Waals surface area (Å²) in [7, 11) is 0. The largest absolute Gasteiger partial charge is 0.478 e. The molecule has 0 aliphatic rings. The van der Waals surface area contributed by atoms with Crippen molar-refractivity contribution in [2.45, 2.75) is 19.8 Å². The maximum Gasteiger partial charge on any atom is 0.328 e. The van der Waals surface area contributed by atoms with E-state index >= 15 is 0 Å². The Morgan fingerprint density at radius 2 is 1.55 bits per heavy atom. The Labute approximate surface area is 119 Å². The first-order valence-electron chi connectivity index (χ1n) is 6.79. The van der Waals surface area contributed by atoms with Crippen molar-refractivity contribution >= 4 is 12.0 Å². The van der Waals surface area contributed by atoms with Gasteiger partial charge in [0.2, 0.25) is 0 Å². The van der Waals surface area contributed by atoms with Crippen LogP contribution in [0, 0.1) is 0 Å². The predicted molar refractivity (Wildman–Crippen MR) is 82.5 cm³/mol. The normalized spacial score (nSPS) is 10.8. The fourth-order valence-corrected chi connectivity index (χ4v) is 2.11. The third kappa shape index (κ3) is 3.82. The van der Waals surface area contributed by atoms with Crippen LogP contribution in [0.2, 0.25) is 0 Å². The van der Waals surface area contributed by atoms with E-state index in [0.717, 1.165) is 30.0 Å². The Kier molecular flexibility index (Phi) is 4.72. The molecule has 0 spiro atoms. The van der Waals surface area contributed by atoms with Crippen LogP contribution in [0.1, 0.15) is 24.5 Å². The van der Waals surface area contributed by atoms with Gasteiger partial charge in [0.25, 0.3) is 0 Å². The van der Waals surface area contributed by atoms with Crippen molar-refractivity contribution < 1.29 is 9.90 Å². The molecule has 0 aliphatic carbocycles. The van der Waals surface area contributed by atoms with Gasteiger partial charge in [0.15, 0.2) is 0 Å². The molecule has 2 aromatic carbocycles. The second-order valence-electron chi connectivity index (χ2n) is 4.74. The summed E-state index contributed by atoms with van der Waals surface area (Å²) in [6.45, 7) is 2.18. The summed E-state index contributed by atoms with van der Waals surface area (Å²) in [6, 6.07) is 16.5. The Morgan fingerprint density at radius 1 is 1.00 bits per heavy atom.